The number of nitrogens with one attached hydrogen (secondary N) is 1. The smallest absolute Gasteiger partial charge is 0.122 e. The van der Waals surface area contributed by atoms with E-state index < -0.39 is 0 Å². The topological polar surface area (TPSA) is 21.3 Å². The molecule has 0 aromatic heterocycles. The molecule has 1 fully saturated rings. The zero-order valence-electron chi connectivity index (χ0n) is 12.9. The normalized spacial score (nSPS) is 23.8. The molecule has 0 amide bonds. The van der Waals surface area contributed by atoms with Crippen LogP contribution in [0.5, 0.6) is 5.75 Å². The van der Waals surface area contributed by atoms with E-state index in [-0.39, 0.29) is 0 Å². The average Bonchev–Trinajstić information content (AvgIpc) is 2.91. The highest BCUT2D eigenvalue weighted by Crippen LogP contribution is 2.41. The maximum atomic E-state index is 5.51. The van der Waals surface area contributed by atoms with Crippen molar-refractivity contribution >= 4 is 11.8 Å². The molecule has 0 radical (unpaired) electrons. The Balaban J connectivity index is 2.14. The minimum absolute atomic E-state index is 0.357. The molecule has 1 heterocycles. The SMILES string of the molecule is CCCNC(Cc1ccccc1OC)C1(C)CCCS1. The highest BCUT2D eigenvalue weighted by molar-refractivity contribution is 8.00. The van der Waals surface area contributed by atoms with Gasteiger partial charge in [0.05, 0.1) is 7.11 Å². The van der Waals surface area contributed by atoms with Crippen LogP contribution >= 0.6 is 11.8 Å². The lowest BCUT2D eigenvalue weighted by atomic mass is 9.90. The predicted molar refractivity (Wildman–Crippen MR) is 88.9 cm³/mol. The molecule has 2 nitrogen and oxygen atoms in total. The van der Waals surface area contributed by atoms with E-state index in [1.807, 2.05) is 6.07 Å². The summed E-state index contributed by atoms with van der Waals surface area (Å²) < 4.78 is 5.87. The van der Waals surface area contributed by atoms with Crippen LogP contribution < -0.4 is 10.1 Å². The highest BCUT2D eigenvalue weighted by atomic mass is 32.2. The number of thioether (sulfide) groups is 1. The Morgan fingerprint density at radius 2 is 2.20 bits per heavy atom. The molecular weight excluding hydrogens is 266 g/mol. The van der Waals surface area contributed by atoms with Gasteiger partial charge >= 0.3 is 0 Å². The summed E-state index contributed by atoms with van der Waals surface area (Å²) >= 11 is 2.13. The number of rotatable bonds is 7. The number of para-hydroxylation sites is 1. The lowest BCUT2D eigenvalue weighted by molar-refractivity contribution is 0.380. The molecule has 112 valence electrons. The van der Waals surface area contributed by atoms with Crippen LogP contribution in [0.1, 0.15) is 38.7 Å². The van der Waals surface area contributed by atoms with E-state index in [1.165, 1.54) is 30.6 Å². The van der Waals surface area contributed by atoms with E-state index in [0.29, 0.717) is 10.8 Å². The molecule has 2 unspecified atom stereocenters. The summed E-state index contributed by atoms with van der Waals surface area (Å²) in [6, 6.07) is 8.94. The van der Waals surface area contributed by atoms with Crippen LogP contribution in [-0.2, 0) is 6.42 Å². The molecule has 0 aliphatic carbocycles. The largest absolute Gasteiger partial charge is 0.496 e. The molecule has 0 saturated carbocycles. The van der Waals surface area contributed by atoms with Gasteiger partial charge < -0.3 is 10.1 Å². The van der Waals surface area contributed by atoms with Gasteiger partial charge in [-0.2, -0.15) is 11.8 Å². The maximum absolute atomic E-state index is 5.51. The van der Waals surface area contributed by atoms with Gasteiger partial charge in [0.1, 0.15) is 5.75 Å². The van der Waals surface area contributed by atoms with Gasteiger partial charge in [0.25, 0.3) is 0 Å². The Morgan fingerprint density at radius 3 is 2.85 bits per heavy atom. The summed E-state index contributed by atoms with van der Waals surface area (Å²) in [6.45, 7) is 5.75. The lowest BCUT2D eigenvalue weighted by Crippen LogP contribution is -2.47. The first-order valence-electron chi connectivity index (χ1n) is 7.69. The molecule has 1 saturated heterocycles. The molecule has 2 atom stereocenters. The summed E-state index contributed by atoms with van der Waals surface area (Å²) in [5.74, 6) is 2.31. The number of methoxy groups -OCH3 is 1. The third-order valence-electron chi connectivity index (χ3n) is 4.24. The number of hydrogen-bond acceptors (Lipinski definition) is 3. The zero-order valence-corrected chi connectivity index (χ0v) is 13.8. The van der Waals surface area contributed by atoms with Gasteiger partial charge in [-0.25, -0.2) is 0 Å². The minimum Gasteiger partial charge on any atom is -0.496 e. The molecule has 0 spiro atoms. The van der Waals surface area contributed by atoms with E-state index in [9.17, 15) is 0 Å². The first kappa shape index (κ1) is 15.7. The van der Waals surface area contributed by atoms with Crippen LogP contribution in [0.4, 0.5) is 0 Å². The van der Waals surface area contributed by atoms with Crippen LogP contribution in [0.2, 0.25) is 0 Å². The summed E-state index contributed by atoms with van der Waals surface area (Å²) in [4.78, 5) is 0. The Bertz CT molecular complexity index is 415. The summed E-state index contributed by atoms with van der Waals surface area (Å²) in [6.07, 6.45) is 4.89. The molecule has 1 aromatic carbocycles. The second-order valence-corrected chi connectivity index (χ2v) is 7.42. The molecule has 2 rings (SSSR count). The van der Waals surface area contributed by atoms with Gasteiger partial charge in [0, 0.05) is 10.8 Å². The summed E-state index contributed by atoms with van der Waals surface area (Å²) in [7, 11) is 1.76. The summed E-state index contributed by atoms with van der Waals surface area (Å²) in [5, 5.41) is 3.78. The third-order valence-corrected chi connectivity index (χ3v) is 5.88. The third kappa shape index (κ3) is 3.70. The first-order valence-corrected chi connectivity index (χ1v) is 8.67. The molecule has 1 aliphatic heterocycles. The van der Waals surface area contributed by atoms with Gasteiger partial charge in [0.15, 0.2) is 0 Å². The summed E-state index contributed by atoms with van der Waals surface area (Å²) in [5.41, 5.74) is 1.32. The van der Waals surface area contributed by atoms with Crippen molar-refractivity contribution in [2.24, 2.45) is 0 Å². The Hall–Kier alpha value is -0.670. The fourth-order valence-electron chi connectivity index (χ4n) is 2.99. The van der Waals surface area contributed by atoms with Crippen LogP contribution in [-0.4, -0.2) is 30.2 Å². The monoisotopic (exact) mass is 293 g/mol. The standard InChI is InChI=1S/C17H27NOS/c1-4-11-18-16(17(2)10-7-12-20-17)13-14-8-5-6-9-15(14)19-3/h5-6,8-9,16,18H,4,7,10-13H2,1-3H3. The van der Waals surface area contributed by atoms with Crippen LogP contribution in [0, 0.1) is 0 Å². The number of ether oxygens (including phenoxy) is 1. The van der Waals surface area contributed by atoms with Gasteiger partial charge in [-0.3, -0.25) is 0 Å². The lowest BCUT2D eigenvalue weighted by Gasteiger charge is -2.34. The van der Waals surface area contributed by atoms with Gasteiger partial charge in [0.2, 0.25) is 0 Å². The van der Waals surface area contributed by atoms with Crippen LogP contribution in [0.3, 0.4) is 0 Å². The van der Waals surface area contributed by atoms with Gasteiger partial charge in [-0.1, -0.05) is 25.1 Å². The minimum atomic E-state index is 0.357. The van der Waals surface area contributed by atoms with Crippen molar-refractivity contribution in [2.45, 2.75) is 50.3 Å². The molecular formula is C17H27NOS. The first-order chi connectivity index (χ1) is 9.69. The van der Waals surface area contributed by atoms with Crippen molar-refractivity contribution in [3.63, 3.8) is 0 Å². The van der Waals surface area contributed by atoms with Gasteiger partial charge in [-0.05, 0) is 56.5 Å². The Kier molecular flexibility index (Phi) is 5.79. The molecule has 1 aliphatic rings. The fourth-order valence-corrected chi connectivity index (χ4v) is 4.40. The van der Waals surface area contributed by atoms with E-state index in [2.05, 4.69) is 49.1 Å². The molecule has 0 bridgehead atoms. The number of benzene rings is 1. The molecule has 1 N–H and O–H groups in total. The Morgan fingerprint density at radius 1 is 1.40 bits per heavy atom. The van der Waals surface area contributed by atoms with Gasteiger partial charge in [-0.15, -0.1) is 0 Å². The van der Waals surface area contributed by atoms with Crippen molar-refractivity contribution in [3.8, 4) is 5.75 Å². The number of hydrogen-bond donors (Lipinski definition) is 1. The highest BCUT2D eigenvalue weighted by Gasteiger charge is 2.37. The average molecular weight is 293 g/mol. The van der Waals surface area contributed by atoms with Crippen molar-refractivity contribution in [3.05, 3.63) is 29.8 Å². The van der Waals surface area contributed by atoms with E-state index >= 15 is 0 Å². The zero-order chi connectivity index (χ0) is 14.4. The van der Waals surface area contributed by atoms with Crippen molar-refractivity contribution in [1.82, 2.24) is 5.32 Å². The maximum Gasteiger partial charge on any atom is 0.122 e. The van der Waals surface area contributed by atoms with E-state index in [0.717, 1.165) is 18.7 Å². The van der Waals surface area contributed by atoms with Crippen LogP contribution in [0.25, 0.3) is 0 Å². The second kappa shape index (κ2) is 7.37. The second-order valence-electron chi connectivity index (χ2n) is 5.79. The van der Waals surface area contributed by atoms with Crippen molar-refractivity contribution < 1.29 is 4.74 Å². The van der Waals surface area contributed by atoms with Crippen molar-refractivity contribution in [1.29, 1.82) is 0 Å². The van der Waals surface area contributed by atoms with Crippen LogP contribution in [0.15, 0.2) is 24.3 Å². The Labute approximate surface area is 127 Å². The van der Waals surface area contributed by atoms with Crippen molar-refractivity contribution in [2.75, 3.05) is 19.4 Å². The predicted octanol–water partition coefficient (Wildman–Crippen LogP) is 3.89. The molecule has 3 heteroatoms. The van der Waals surface area contributed by atoms with E-state index in [1.54, 1.807) is 7.11 Å². The quantitative estimate of drug-likeness (QED) is 0.824. The fraction of sp³-hybridized carbons (Fsp3) is 0.647. The van der Waals surface area contributed by atoms with E-state index in [4.69, 9.17) is 4.74 Å². The molecule has 20 heavy (non-hydrogen) atoms. The molecule has 1 aromatic rings.